The van der Waals surface area contributed by atoms with Crippen molar-refractivity contribution >= 4 is 27.6 Å². The van der Waals surface area contributed by atoms with Crippen molar-refractivity contribution in [1.82, 2.24) is 9.62 Å². The van der Waals surface area contributed by atoms with Crippen molar-refractivity contribution in [2.45, 2.75) is 44.0 Å². The fourth-order valence-corrected chi connectivity index (χ4v) is 5.04. The predicted molar refractivity (Wildman–Crippen MR) is 102 cm³/mol. The second kappa shape index (κ2) is 9.17. The van der Waals surface area contributed by atoms with Crippen LogP contribution < -0.4 is 5.32 Å². The van der Waals surface area contributed by atoms with Crippen LogP contribution in [0.15, 0.2) is 29.2 Å². The first-order valence-corrected chi connectivity index (χ1v) is 10.7. The Morgan fingerprint density at radius 3 is 2.35 bits per heavy atom. The Morgan fingerprint density at radius 2 is 1.85 bits per heavy atom. The highest BCUT2D eigenvalue weighted by atomic mass is 35.5. The van der Waals surface area contributed by atoms with Gasteiger partial charge in [0.15, 0.2) is 0 Å². The molecule has 1 aromatic carbocycles. The van der Waals surface area contributed by atoms with Crippen LogP contribution >= 0.6 is 11.6 Å². The number of halogens is 1. The molecule has 0 spiro atoms. The number of carboxylic acid groups (broad SMARTS) is 1. The van der Waals surface area contributed by atoms with Crippen LogP contribution in [0.4, 0.5) is 0 Å². The molecular weight excluding hydrogens is 376 g/mol. The quantitative estimate of drug-likeness (QED) is 0.698. The number of rotatable bonds is 8. The first-order chi connectivity index (χ1) is 12.2. The van der Waals surface area contributed by atoms with Crippen molar-refractivity contribution in [3.63, 3.8) is 0 Å². The third kappa shape index (κ3) is 5.42. The third-order valence-electron chi connectivity index (χ3n) is 4.64. The molecule has 0 aromatic heterocycles. The van der Waals surface area contributed by atoms with E-state index in [4.69, 9.17) is 11.6 Å². The first kappa shape index (κ1) is 21.2. The van der Waals surface area contributed by atoms with E-state index in [9.17, 15) is 18.3 Å². The van der Waals surface area contributed by atoms with Crippen LogP contribution in [0.2, 0.25) is 5.02 Å². The Labute approximate surface area is 160 Å². The molecule has 8 heteroatoms. The van der Waals surface area contributed by atoms with Gasteiger partial charge in [-0.25, -0.2) is 8.42 Å². The summed E-state index contributed by atoms with van der Waals surface area (Å²) in [4.78, 5) is 12.0. The molecule has 1 aromatic rings. The summed E-state index contributed by atoms with van der Waals surface area (Å²) < 4.78 is 27.7. The lowest BCUT2D eigenvalue weighted by atomic mass is 9.97. The zero-order valence-corrected chi connectivity index (χ0v) is 16.8. The summed E-state index contributed by atoms with van der Waals surface area (Å²) in [6.07, 6.45) is 1.94. The van der Waals surface area contributed by atoms with E-state index in [-0.39, 0.29) is 29.7 Å². The van der Waals surface area contributed by atoms with Crippen molar-refractivity contribution in [2.75, 3.05) is 19.6 Å². The van der Waals surface area contributed by atoms with Crippen LogP contribution in [0.5, 0.6) is 0 Å². The maximum atomic E-state index is 13.2. The summed E-state index contributed by atoms with van der Waals surface area (Å²) in [6.45, 7) is 5.65. The number of hydrogen-bond acceptors (Lipinski definition) is 4. The fraction of sp³-hybridized carbons (Fsp3) is 0.611. The van der Waals surface area contributed by atoms with Gasteiger partial charge in [-0.1, -0.05) is 25.4 Å². The molecule has 146 valence electrons. The second-order valence-corrected chi connectivity index (χ2v) is 9.53. The number of aliphatic carboxylic acids is 1. The number of piperidine rings is 1. The highest BCUT2D eigenvalue weighted by Crippen LogP contribution is 2.26. The highest BCUT2D eigenvalue weighted by Gasteiger charge is 2.37. The molecule has 6 nitrogen and oxygen atoms in total. The van der Waals surface area contributed by atoms with Crippen LogP contribution in [-0.4, -0.2) is 49.5 Å². The first-order valence-electron chi connectivity index (χ1n) is 8.92. The summed E-state index contributed by atoms with van der Waals surface area (Å²) >= 11 is 5.87. The van der Waals surface area contributed by atoms with Crippen molar-refractivity contribution in [2.24, 2.45) is 11.8 Å². The van der Waals surface area contributed by atoms with Crippen LogP contribution in [0, 0.1) is 11.8 Å². The zero-order valence-electron chi connectivity index (χ0n) is 15.2. The predicted octanol–water partition coefficient (Wildman–Crippen LogP) is 2.83. The molecule has 1 fully saturated rings. The average Bonchev–Trinajstić information content (AvgIpc) is 2.58. The van der Waals surface area contributed by atoms with Crippen molar-refractivity contribution in [3.05, 3.63) is 29.3 Å². The largest absolute Gasteiger partial charge is 0.480 e. The molecule has 1 aliphatic heterocycles. The molecule has 0 aliphatic carbocycles. The molecule has 2 rings (SSSR count). The topological polar surface area (TPSA) is 86.7 Å². The third-order valence-corrected chi connectivity index (χ3v) is 6.79. The lowest BCUT2D eigenvalue weighted by Gasteiger charge is -2.33. The van der Waals surface area contributed by atoms with Crippen LogP contribution in [-0.2, 0) is 14.8 Å². The number of carboxylic acids is 1. The van der Waals surface area contributed by atoms with Gasteiger partial charge in [-0.05, 0) is 68.5 Å². The highest BCUT2D eigenvalue weighted by molar-refractivity contribution is 7.89. The SMILES string of the molecule is CC(C)C[C@H](C(=O)O)N(CC1CCNCC1)S(=O)(=O)c1ccc(Cl)cc1. The van der Waals surface area contributed by atoms with E-state index in [1.165, 1.54) is 28.6 Å². The van der Waals surface area contributed by atoms with Crippen LogP contribution in [0.1, 0.15) is 33.1 Å². The number of sulfonamides is 1. The van der Waals surface area contributed by atoms with Crippen LogP contribution in [0.3, 0.4) is 0 Å². The summed E-state index contributed by atoms with van der Waals surface area (Å²) in [5, 5.41) is 13.4. The summed E-state index contributed by atoms with van der Waals surface area (Å²) in [5.41, 5.74) is 0. The smallest absolute Gasteiger partial charge is 0.322 e. The van der Waals surface area contributed by atoms with Crippen molar-refractivity contribution in [1.29, 1.82) is 0 Å². The van der Waals surface area contributed by atoms with E-state index in [1.807, 2.05) is 13.8 Å². The van der Waals surface area contributed by atoms with Gasteiger partial charge in [-0.15, -0.1) is 0 Å². The lowest BCUT2D eigenvalue weighted by molar-refractivity contribution is -0.142. The minimum atomic E-state index is -3.93. The van der Waals surface area contributed by atoms with Gasteiger partial charge in [-0.3, -0.25) is 4.79 Å². The van der Waals surface area contributed by atoms with Crippen molar-refractivity contribution in [3.8, 4) is 0 Å². The van der Waals surface area contributed by atoms with Gasteiger partial charge in [0.05, 0.1) is 4.90 Å². The molecule has 0 unspecified atom stereocenters. The Kier molecular flexibility index (Phi) is 7.46. The van der Waals surface area contributed by atoms with Gasteiger partial charge in [0.25, 0.3) is 0 Å². The number of carbonyl (C=O) groups is 1. The van der Waals surface area contributed by atoms with E-state index >= 15 is 0 Å². The Hall–Kier alpha value is -1.15. The van der Waals surface area contributed by atoms with Gasteiger partial charge in [0.1, 0.15) is 6.04 Å². The maximum Gasteiger partial charge on any atom is 0.322 e. The second-order valence-electron chi connectivity index (χ2n) is 7.21. The summed E-state index contributed by atoms with van der Waals surface area (Å²) in [5.74, 6) is -0.899. The Bertz CT molecular complexity index is 700. The van der Waals surface area contributed by atoms with Gasteiger partial charge >= 0.3 is 5.97 Å². The molecule has 0 amide bonds. The molecule has 2 N–H and O–H groups in total. The van der Waals surface area contributed by atoms with Gasteiger partial charge in [-0.2, -0.15) is 4.31 Å². The van der Waals surface area contributed by atoms with Crippen molar-refractivity contribution < 1.29 is 18.3 Å². The summed E-state index contributed by atoms with van der Waals surface area (Å²) in [7, 11) is -3.93. The minimum Gasteiger partial charge on any atom is -0.480 e. The molecule has 26 heavy (non-hydrogen) atoms. The standard InChI is InChI=1S/C18H27ClN2O4S/c1-13(2)11-17(18(22)23)21(12-14-7-9-20-10-8-14)26(24,25)16-5-3-15(19)4-6-16/h3-6,13-14,17,20H,7-12H2,1-2H3,(H,22,23)/t17-/m1/s1. The Balaban J connectivity index is 2.39. The minimum absolute atomic E-state index is 0.0621. The molecule has 0 saturated carbocycles. The van der Waals surface area contributed by atoms with E-state index in [0.717, 1.165) is 25.9 Å². The lowest BCUT2D eigenvalue weighted by Crippen LogP contribution is -2.49. The number of nitrogens with one attached hydrogen (secondary N) is 1. The zero-order chi connectivity index (χ0) is 19.3. The molecule has 1 saturated heterocycles. The van der Waals surface area contributed by atoms with Crippen LogP contribution in [0.25, 0.3) is 0 Å². The van der Waals surface area contributed by atoms with E-state index in [0.29, 0.717) is 5.02 Å². The molecule has 1 heterocycles. The molecule has 1 aliphatic rings. The van der Waals surface area contributed by atoms with E-state index < -0.39 is 22.0 Å². The Morgan fingerprint density at radius 1 is 1.27 bits per heavy atom. The van der Waals surface area contributed by atoms with E-state index in [1.54, 1.807) is 0 Å². The van der Waals surface area contributed by atoms with Gasteiger partial charge < -0.3 is 10.4 Å². The van der Waals surface area contributed by atoms with Gasteiger partial charge in [0.2, 0.25) is 10.0 Å². The average molecular weight is 403 g/mol. The monoisotopic (exact) mass is 402 g/mol. The molecule has 0 radical (unpaired) electrons. The number of benzene rings is 1. The van der Waals surface area contributed by atoms with Gasteiger partial charge in [0, 0.05) is 11.6 Å². The molecule has 1 atom stereocenters. The molecular formula is C18H27ClN2O4S. The molecule has 0 bridgehead atoms. The maximum absolute atomic E-state index is 13.2. The van der Waals surface area contributed by atoms with E-state index in [2.05, 4.69) is 5.32 Å². The fourth-order valence-electron chi connectivity index (χ4n) is 3.24. The summed E-state index contributed by atoms with van der Waals surface area (Å²) in [6, 6.07) is 4.80. The normalized spacial score (nSPS) is 17.6. The number of nitrogens with zero attached hydrogens (tertiary/aromatic N) is 1. The number of hydrogen-bond donors (Lipinski definition) is 2.